The van der Waals surface area contributed by atoms with Crippen LogP contribution in [0.3, 0.4) is 0 Å². The zero-order valence-electron chi connectivity index (χ0n) is 11.9. The minimum Gasteiger partial charge on any atom is -0.351 e. The summed E-state index contributed by atoms with van der Waals surface area (Å²) in [6, 6.07) is 0. The Hall–Kier alpha value is -1.68. The predicted molar refractivity (Wildman–Crippen MR) is 81.0 cm³/mol. The van der Waals surface area contributed by atoms with E-state index in [0.717, 1.165) is 27.3 Å². The lowest BCUT2D eigenvalue weighted by Gasteiger charge is -2.10. The topological polar surface area (TPSA) is 62.2 Å². The van der Waals surface area contributed by atoms with E-state index in [0.29, 0.717) is 17.5 Å². The Labute approximate surface area is 133 Å². The number of aromatic nitrogens is 2. The number of guanidine groups is 1. The van der Waals surface area contributed by atoms with E-state index in [2.05, 4.69) is 25.6 Å². The maximum atomic E-state index is 12.5. The van der Waals surface area contributed by atoms with Gasteiger partial charge >= 0.3 is 6.18 Å². The Kier molecular flexibility index (Phi) is 5.35. The Bertz CT molecular complexity index is 647. The molecule has 0 amide bonds. The summed E-state index contributed by atoms with van der Waals surface area (Å²) in [4.78, 5) is 12.8. The van der Waals surface area contributed by atoms with E-state index in [1.165, 1.54) is 11.3 Å². The SMILES string of the molecule is CN=C(NCc1nc(C(F)(F)F)cs1)NCc1scnc1C. The predicted octanol–water partition coefficient (Wildman–Crippen LogP) is 2.79. The lowest BCUT2D eigenvalue weighted by Crippen LogP contribution is -2.36. The normalized spacial score (nSPS) is 12.5. The number of rotatable bonds is 4. The van der Waals surface area contributed by atoms with Gasteiger partial charge < -0.3 is 10.6 Å². The molecule has 0 fully saturated rings. The molecule has 0 spiro atoms. The molecule has 0 aliphatic heterocycles. The molecule has 0 saturated heterocycles. The second kappa shape index (κ2) is 7.05. The first kappa shape index (κ1) is 16.7. The summed E-state index contributed by atoms with van der Waals surface area (Å²) >= 11 is 2.49. The number of aliphatic imine (C=N–C) groups is 1. The summed E-state index contributed by atoms with van der Waals surface area (Å²) in [6.07, 6.45) is -4.40. The molecule has 2 N–H and O–H groups in total. The average molecular weight is 349 g/mol. The molecule has 2 rings (SSSR count). The third kappa shape index (κ3) is 4.41. The number of alkyl halides is 3. The van der Waals surface area contributed by atoms with Gasteiger partial charge in [-0.2, -0.15) is 13.2 Å². The zero-order valence-corrected chi connectivity index (χ0v) is 13.5. The maximum Gasteiger partial charge on any atom is 0.434 e. The van der Waals surface area contributed by atoms with E-state index in [4.69, 9.17) is 0 Å². The number of hydrogen-bond donors (Lipinski definition) is 2. The van der Waals surface area contributed by atoms with Crippen molar-refractivity contribution >= 4 is 28.6 Å². The minimum atomic E-state index is -4.40. The lowest BCUT2D eigenvalue weighted by molar-refractivity contribution is -0.140. The average Bonchev–Trinajstić information content (AvgIpc) is 3.08. The van der Waals surface area contributed by atoms with Crippen LogP contribution >= 0.6 is 22.7 Å². The summed E-state index contributed by atoms with van der Waals surface area (Å²) in [5.74, 6) is 0.497. The highest BCUT2D eigenvalue weighted by molar-refractivity contribution is 7.10. The van der Waals surface area contributed by atoms with Crippen LogP contribution in [0.4, 0.5) is 13.2 Å². The minimum absolute atomic E-state index is 0.183. The van der Waals surface area contributed by atoms with Crippen molar-refractivity contribution in [1.82, 2.24) is 20.6 Å². The van der Waals surface area contributed by atoms with E-state index < -0.39 is 11.9 Å². The van der Waals surface area contributed by atoms with Crippen molar-refractivity contribution in [2.45, 2.75) is 26.2 Å². The fraction of sp³-hybridized carbons (Fsp3) is 0.417. The first-order valence-electron chi connectivity index (χ1n) is 6.25. The Morgan fingerprint density at radius 3 is 2.55 bits per heavy atom. The molecular formula is C12H14F3N5S2. The van der Waals surface area contributed by atoms with Crippen molar-refractivity contribution in [2.75, 3.05) is 7.05 Å². The molecule has 10 heteroatoms. The number of nitrogens with zero attached hydrogens (tertiary/aromatic N) is 3. The van der Waals surface area contributed by atoms with Crippen LogP contribution < -0.4 is 10.6 Å². The van der Waals surface area contributed by atoms with Gasteiger partial charge in [0.2, 0.25) is 0 Å². The van der Waals surface area contributed by atoms with Gasteiger partial charge in [0, 0.05) is 17.3 Å². The highest BCUT2D eigenvalue weighted by Crippen LogP contribution is 2.29. The summed E-state index contributed by atoms with van der Waals surface area (Å²) in [5.41, 5.74) is 1.84. The van der Waals surface area contributed by atoms with Gasteiger partial charge in [0.15, 0.2) is 11.7 Å². The van der Waals surface area contributed by atoms with Crippen LogP contribution in [0.15, 0.2) is 15.9 Å². The van der Waals surface area contributed by atoms with Gasteiger partial charge in [0.05, 0.1) is 24.3 Å². The Balaban J connectivity index is 1.86. The smallest absolute Gasteiger partial charge is 0.351 e. The standard InChI is InChI=1S/C12H14F3N5S2/c1-7-8(22-6-19-7)3-17-11(16-2)18-4-10-20-9(5-21-10)12(13,14)15/h5-6H,3-4H2,1-2H3,(H2,16,17,18). The molecular weight excluding hydrogens is 335 g/mol. The fourth-order valence-electron chi connectivity index (χ4n) is 1.56. The van der Waals surface area contributed by atoms with Crippen molar-refractivity contribution in [2.24, 2.45) is 4.99 Å². The van der Waals surface area contributed by atoms with E-state index in [1.54, 1.807) is 12.6 Å². The lowest BCUT2D eigenvalue weighted by atomic mass is 10.4. The van der Waals surface area contributed by atoms with Gasteiger partial charge in [-0.25, -0.2) is 9.97 Å². The molecule has 0 saturated carbocycles. The highest BCUT2D eigenvalue weighted by atomic mass is 32.1. The van der Waals surface area contributed by atoms with Crippen molar-refractivity contribution < 1.29 is 13.2 Å². The fourth-order valence-corrected chi connectivity index (χ4v) is 3.02. The Morgan fingerprint density at radius 2 is 2.00 bits per heavy atom. The molecule has 2 aromatic rings. The molecule has 0 aliphatic carbocycles. The van der Waals surface area contributed by atoms with Crippen molar-refractivity contribution in [3.8, 4) is 0 Å². The third-order valence-electron chi connectivity index (χ3n) is 2.73. The van der Waals surface area contributed by atoms with Gasteiger partial charge in [-0.1, -0.05) is 0 Å². The van der Waals surface area contributed by atoms with Gasteiger partial charge in [-0.15, -0.1) is 22.7 Å². The molecule has 0 aromatic carbocycles. The molecule has 5 nitrogen and oxygen atoms in total. The van der Waals surface area contributed by atoms with Crippen molar-refractivity contribution in [3.05, 3.63) is 32.2 Å². The first-order valence-corrected chi connectivity index (χ1v) is 8.01. The van der Waals surface area contributed by atoms with Gasteiger partial charge in [0.25, 0.3) is 0 Å². The number of aryl methyl sites for hydroxylation is 1. The Morgan fingerprint density at radius 1 is 1.27 bits per heavy atom. The second-order valence-corrected chi connectivity index (χ2v) is 6.15. The van der Waals surface area contributed by atoms with E-state index in [1.807, 2.05) is 6.92 Å². The molecule has 22 heavy (non-hydrogen) atoms. The van der Waals surface area contributed by atoms with Crippen LogP contribution in [0.25, 0.3) is 0 Å². The number of thiazole rings is 2. The van der Waals surface area contributed by atoms with Gasteiger partial charge in [-0.3, -0.25) is 4.99 Å². The van der Waals surface area contributed by atoms with Gasteiger partial charge in [0.1, 0.15) is 5.01 Å². The highest BCUT2D eigenvalue weighted by Gasteiger charge is 2.33. The third-order valence-corrected chi connectivity index (χ3v) is 4.52. The van der Waals surface area contributed by atoms with Gasteiger partial charge in [-0.05, 0) is 6.92 Å². The number of nitrogens with one attached hydrogen (secondary N) is 2. The zero-order chi connectivity index (χ0) is 16.2. The van der Waals surface area contributed by atoms with Crippen LogP contribution in [0.2, 0.25) is 0 Å². The molecule has 0 atom stereocenters. The maximum absolute atomic E-state index is 12.5. The molecule has 2 aromatic heterocycles. The van der Waals surface area contributed by atoms with E-state index in [-0.39, 0.29) is 6.54 Å². The molecule has 0 aliphatic rings. The summed E-state index contributed by atoms with van der Waals surface area (Å²) in [5, 5.41) is 7.38. The van der Waals surface area contributed by atoms with Crippen molar-refractivity contribution in [1.29, 1.82) is 0 Å². The molecule has 0 radical (unpaired) electrons. The monoisotopic (exact) mass is 349 g/mol. The number of hydrogen-bond acceptors (Lipinski definition) is 5. The van der Waals surface area contributed by atoms with Crippen LogP contribution in [0.5, 0.6) is 0 Å². The summed E-state index contributed by atoms with van der Waals surface area (Å²) in [6.45, 7) is 2.65. The molecule has 120 valence electrons. The molecule has 0 unspecified atom stereocenters. The second-order valence-electron chi connectivity index (χ2n) is 4.26. The van der Waals surface area contributed by atoms with Crippen LogP contribution in [-0.4, -0.2) is 23.0 Å². The molecule has 0 bridgehead atoms. The van der Waals surface area contributed by atoms with Crippen LogP contribution in [-0.2, 0) is 19.3 Å². The van der Waals surface area contributed by atoms with E-state index in [9.17, 15) is 13.2 Å². The van der Waals surface area contributed by atoms with Crippen LogP contribution in [0.1, 0.15) is 21.3 Å². The first-order chi connectivity index (χ1) is 10.4. The summed E-state index contributed by atoms with van der Waals surface area (Å²) < 4.78 is 37.4. The number of halogens is 3. The van der Waals surface area contributed by atoms with E-state index >= 15 is 0 Å². The quantitative estimate of drug-likeness (QED) is 0.658. The van der Waals surface area contributed by atoms with Crippen molar-refractivity contribution in [3.63, 3.8) is 0 Å². The molecule has 2 heterocycles. The van der Waals surface area contributed by atoms with Crippen LogP contribution in [0, 0.1) is 6.92 Å². The largest absolute Gasteiger partial charge is 0.434 e. The summed E-state index contributed by atoms with van der Waals surface area (Å²) in [7, 11) is 1.60.